The lowest BCUT2D eigenvalue weighted by Gasteiger charge is -1.97. The first-order valence-electron chi connectivity index (χ1n) is 4.70. The van der Waals surface area contributed by atoms with Gasteiger partial charge in [0.2, 0.25) is 5.16 Å². The fourth-order valence-electron chi connectivity index (χ4n) is 1.01. The van der Waals surface area contributed by atoms with E-state index in [-0.39, 0.29) is 5.84 Å². The maximum Gasteiger partial charge on any atom is 0.208 e. The quantitative estimate of drug-likeness (QED) is 0.169. The summed E-state index contributed by atoms with van der Waals surface area (Å²) >= 11 is 1.60. The van der Waals surface area contributed by atoms with Gasteiger partial charge >= 0.3 is 0 Å². The van der Waals surface area contributed by atoms with E-state index in [1.54, 1.807) is 11.8 Å². The Morgan fingerprint density at radius 3 is 3.00 bits per heavy atom. The van der Waals surface area contributed by atoms with Gasteiger partial charge in [-0.1, -0.05) is 16.9 Å². The van der Waals surface area contributed by atoms with Crippen molar-refractivity contribution in [2.45, 2.75) is 31.3 Å². The molecule has 6 nitrogen and oxygen atoms in total. The van der Waals surface area contributed by atoms with Crippen molar-refractivity contribution in [3.05, 3.63) is 5.82 Å². The Morgan fingerprint density at radius 2 is 2.40 bits per heavy atom. The first-order valence-corrected chi connectivity index (χ1v) is 5.69. The first kappa shape index (κ1) is 11.8. The van der Waals surface area contributed by atoms with Crippen molar-refractivity contribution in [3.8, 4) is 0 Å². The summed E-state index contributed by atoms with van der Waals surface area (Å²) in [6.45, 7) is 1.87. The molecule has 0 saturated heterocycles. The summed E-state index contributed by atoms with van der Waals surface area (Å²) in [4.78, 5) is 4.17. The molecular weight excluding hydrogens is 214 g/mol. The number of rotatable bonds is 6. The highest BCUT2D eigenvalue weighted by Crippen LogP contribution is 2.14. The van der Waals surface area contributed by atoms with Crippen molar-refractivity contribution in [1.82, 2.24) is 15.2 Å². The minimum absolute atomic E-state index is 0.286. The molecular formula is C8H15N5OS. The highest BCUT2D eigenvalue weighted by atomic mass is 32.2. The minimum atomic E-state index is 0.286. The molecule has 0 bridgehead atoms. The van der Waals surface area contributed by atoms with Crippen LogP contribution < -0.4 is 5.73 Å². The maximum absolute atomic E-state index is 8.31. The number of hydrogen-bond donors (Lipinski definition) is 3. The van der Waals surface area contributed by atoms with Gasteiger partial charge in [0.05, 0.1) is 0 Å². The number of nitrogens with zero attached hydrogens (tertiary/aromatic N) is 3. The highest BCUT2D eigenvalue weighted by molar-refractivity contribution is 7.99. The molecule has 0 aromatic carbocycles. The van der Waals surface area contributed by atoms with E-state index in [4.69, 9.17) is 10.9 Å². The number of unbranched alkanes of at least 4 members (excludes halogenated alkanes) is 1. The number of thioether (sulfide) groups is 1. The molecule has 4 N–H and O–H groups in total. The Morgan fingerprint density at radius 1 is 1.60 bits per heavy atom. The molecule has 1 aromatic rings. The normalized spacial score (nSPS) is 11.9. The molecule has 0 radical (unpaired) electrons. The molecule has 0 fully saturated rings. The number of hydrogen-bond acceptors (Lipinski definition) is 5. The molecule has 0 amide bonds. The van der Waals surface area contributed by atoms with Crippen LogP contribution in [-0.2, 0) is 0 Å². The van der Waals surface area contributed by atoms with Gasteiger partial charge in [-0.05, 0) is 19.8 Å². The average molecular weight is 229 g/mol. The van der Waals surface area contributed by atoms with Crippen molar-refractivity contribution in [2.24, 2.45) is 10.9 Å². The Balaban J connectivity index is 2.07. The Bertz CT molecular complexity index is 325. The SMILES string of the molecule is Cc1nc(SCCCC/C(N)=N/O)n[nH]1. The van der Waals surface area contributed by atoms with Crippen molar-refractivity contribution in [2.75, 3.05) is 5.75 Å². The molecule has 1 rings (SSSR count). The standard InChI is InChI=1S/C8H15N5OS/c1-6-10-8(12-11-6)15-5-3-2-4-7(9)13-14/h14H,2-5H2,1H3,(H2,9,13)(H,10,11,12). The van der Waals surface area contributed by atoms with E-state index in [1.807, 2.05) is 6.92 Å². The predicted molar refractivity (Wildman–Crippen MR) is 59.1 cm³/mol. The van der Waals surface area contributed by atoms with Crippen LogP contribution in [0, 0.1) is 6.92 Å². The molecule has 0 aliphatic rings. The summed E-state index contributed by atoms with van der Waals surface area (Å²) in [5, 5.41) is 18.8. The third-order valence-electron chi connectivity index (χ3n) is 1.76. The van der Waals surface area contributed by atoms with Crippen LogP contribution in [0.25, 0.3) is 0 Å². The van der Waals surface area contributed by atoms with Crippen molar-refractivity contribution in [1.29, 1.82) is 0 Å². The lowest BCUT2D eigenvalue weighted by atomic mass is 10.2. The lowest BCUT2D eigenvalue weighted by Crippen LogP contribution is -2.10. The van der Waals surface area contributed by atoms with E-state index in [0.717, 1.165) is 29.6 Å². The van der Waals surface area contributed by atoms with E-state index in [9.17, 15) is 0 Å². The molecule has 0 spiro atoms. The monoisotopic (exact) mass is 229 g/mol. The summed E-state index contributed by atoms with van der Waals surface area (Å²) in [5.41, 5.74) is 5.33. The molecule has 0 unspecified atom stereocenters. The van der Waals surface area contributed by atoms with Gasteiger partial charge in [0.25, 0.3) is 0 Å². The predicted octanol–water partition coefficient (Wildman–Crippen LogP) is 1.12. The van der Waals surface area contributed by atoms with Gasteiger partial charge in [-0.2, -0.15) is 0 Å². The first-order chi connectivity index (χ1) is 7.22. The summed E-state index contributed by atoms with van der Waals surface area (Å²) in [7, 11) is 0. The maximum atomic E-state index is 8.31. The zero-order valence-electron chi connectivity index (χ0n) is 8.60. The molecule has 0 aliphatic carbocycles. The zero-order chi connectivity index (χ0) is 11.1. The summed E-state index contributed by atoms with van der Waals surface area (Å²) in [6.07, 6.45) is 2.53. The van der Waals surface area contributed by atoms with Gasteiger partial charge in [0.1, 0.15) is 11.7 Å². The van der Waals surface area contributed by atoms with Gasteiger partial charge in [-0.25, -0.2) is 4.98 Å². The molecule has 1 aromatic heterocycles. The average Bonchev–Trinajstić information content (AvgIpc) is 2.63. The summed E-state index contributed by atoms with van der Waals surface area (Å²) in [6, 6.07) is 0. The molecule has 84 valence electrons. The minimum Gasteiger partial charge on any atom is -0.409 e. The van der Waals surface area contributed by atoms with E-state index < -0.39 is 0 Å². The lowest BCUT2D eigenvalue weighted by molar-refractivity contribution is 0.316. The van der Waals surface area contributed by atoms with E-state index in [2.05, 4.69) is 20.3 Å². The van der Waals surface area contributed by atoms with E-state index >= 15 is 0 Å². The van der Waals surface area contributed by atoms with Gasteiger partial charge in [0, 0.05) is 12.2 Å². The number of H-pyrrole nitrogens is 1. The van der Waals surface area contributed by atoms with Crippen molar-refractivity contribution < 1.29 is 5.21 Å². The van der Waals surface area contributed by atoms with Crippen LogP contribution in [0.4, 0.5) is 0 Å². The van der Waals surface area contributed by atoms with Crippen LogP contribution in [0.2, 0.25) is 0 Å². The van der Waals surface area contributed by atoms with Gasteiger partial charge in [-0.3, -0.25) is 5.10 Å². The third-order valence-corrected chi connectivity index (χ3v) is 2.70. The fraction of sp³-hybridized carbons (Fsp3) is 0.625. The fourth-order valence-corrected chi connectivity index (χ4v) is 1.85. The number of nitrogens with two attached hydrogens (primary N) is 1. The number of amidine groups is 1. The van der Waals surface area contributed by atoms with E-state index in [1.165, 1.54) is 0 Å². The number of oxime groups is 1. The number of aromatic nitrogens is 3. The molecule has 0 atom stereocenters. The van der Waals surface area contributed by atoms with Crippen molar-refractivity contribution in [3.63, 3.8) is 0 Å². The second-order valence-electron chi connectivity index (χ2n) is 3.10. The Labute approximate surface area is 92.3 Å². The second kappa shape index (κ2) is 6.28. The number of nitrogens with one attached hydrogen (secondary N) is 1. The Hall–Kier alpha value is -1.24. The van der Waals surface area contributed by atoms with Gasteiger partial charge < -0.3 is 10.9 Å². The van der Waals surface area contributed by atoms with Crippen LogP contribution in [0.3, 0.4) is 0 Å². The summed E-state index contributed by atoms with van der Waals surface area (Å²) < 4.78 is 0. The molecule has 0 aliphatic heterocycles. The molecule has 7 heteroatoms. The zero-order valence-corrected chi connectivity index (χ0v) is 9.42. The molecule has 0 saturated carbocycles. The van der Waals surface area contributed by atoms with Crippen LogP contribution in [0.1, 0.15) is 25.1 Å². The summed E-state index contributed by atoms with van der Waals surface area (Å²) in [5.74, 6) is 2.05. The van der Waals surface area contributed by atoms with Gasteiger partial charge in [0.15, 0.2) is 0 Å². The number of aryl methyl sites for hydroxylation is 1. The smallest absolute Gasteiger partial charge is 0.208 e. The topological polar surface area (TPSA) is 100 Å². The van der Waals surface area contributed by atoms with Crippen LogP contribution in [-0.4, -0.2) is 32.0 Å². The van der Waals surface area contributed by atoms with Crippen LogP contribution >= 0.6 is 11.8 Å². The molecule has 1 heterocycles. The third kappa shape index (κ3) is 4.68. The van der Waals surface area contributed by atoms with Crippen molar-refractivity contribution >= 4 is 17.6 Å². The second-order valence-corrected chi connectivity index (χ2v) is 4.16. The number of aromatic amines is 1. The van der Waals surface area contributed by atoms with Crippen LogP contribution in [0.5, 0.6) is 0 Å². The van der Waals surface area contributed by atoms with E-state index in [0.29, 0.717) is 6.42 Å². The van der Waals surface area contributed by atoms with Crippen LogP contribution in [0.15, 0.2) is 10.3 Å². The van der Waals surface area contributed by atoms with Gasteiger partial charge in [-0.15, -0.1) is 5.10 Å². The highest BCUT2D eigenvalue weighted by Gasteiger charge is 2.00. The molecule has 15 heavy (non-hydrogen) atoms. The largest absolute Gasteiger partial charge is 0.409 e. The Kier molecular flexibility index (Phi) is 4.96.